The number of H-pyrrole nitrogens is 1. The number of hydrogen-bond acceptors (Lipinski definition) is 5. The molecule has 0 radical (unpaired) electrons. The lowest BCUT2D eigenvalue weighted by Gasteiger charge is -2.28. The van der Waals surface area contributed by atoms with Crippen molar-refractivity contribution in [3.63, 3.8) is 0 Å². The van der Waals surface area contributed by atoms with Crippen LogP contribution in [0.3, 0.4) is 0 Å². The van der Waals surface area contributed by atoms with Crippen LogP contribution >= 0.6 is 0 Å². The topological polar surface area (TPSA) is 108 Å². The second-order valence-corrected chi connectivity index (χ2v) is 13.3. The van der Waals surface area contributed by atoms with E-state index in [0.717, 1.165) is 11.1 Å². The van der Waals surface area contributed by atoms with E-state index >= 15 is 0 Å². The Hall–Kier alpha value is -3.05. The Morgan fingerprint density at radius 2 is 1.08 bits per heavy atom. The maximum atomic E-state index is 13.6. The highest BCUT2D eigenvalue weighted by molar-refractivity contribution is 7.89. The predicted octanol–water partition coefficient (Wildman–Crippen LogP) is 3.03. The fourth-order valence-electron chi connectivity index (χ4n) is 4.26. The van der Waals surface area contributed by atoms with Crippen molar-refractivity contribution in [3.8, 4) is 0 Å². The molecule has 0 saturated carbocycles. The van der Waals surface area contributed by atoms with Gasteiger partial charge >= 0.3 is 0 Å². The van der Waals surface area contributed by atoms with Crippen LogP contribution in [-0.4, -0.2) is 56.6 Å². The van der Waals surface area contributed by atoms with Crippen LogP contribution in [-0.2, 0) is 32.9 Å². The van der Waals surface area contributed by atoms with Crippen molar-refractivity contribution >= 4 is 20.0 Å². The zero-order chi connectivity index (χ0) is 26.8. The zero-order valence-electron chi connectivity index (χ0n) is 21.0. The standard InChI is InChI=1S/C27H31N3O5S2/c1-20-4-8-26(9-5-20)36(32,33)29-14-12-23-16-25(31)17-24(28-23)13-15-30(19-22(3)18-29)37(34,35)27-10-6-21(2)7-11-27/h4-11,16-17H,3,12-15,18-19H2,1-2H3,(H,28,31). The van der Waals surface area contributed by atoms with Crippen molar-refractivity contribution in [2.75, 3.05) is 26.2 Å². The number of aromatic amines is 1. The number of fused-ring (bicyclic) bond motifs is 2. The largest absolute Gasteiger partial charge is 0.362 e. The Bertz CT molecular complexity index is 1450. The summed E-state index contributed by atoms with van der Waals surface area (Å²) in [5.41, 5.74) is 3.28. The molecule has 4 rings (SSSR count). The number of rotatable bonds is 4. The van der Waals surface area contributed by atoms with Crippen molar-refractivity contribution < 1.29 is 16.8 Å². The summed E-state index contributed by atoms with van der Waals surface area (Å²) >= 11 is 0. The van der Waals surface area contributed by atoms with E-state index in [9.17, 15) is 21.6 Å². The molecule has 0 amide bonds. The zero-order valence-corrected chi connectivity index (χ0v) is 22.6. The van der Waals surface area contributed by atoms with E-state index in [0.29, 0.717) is 29.8 Å². The molecule has 8 nitrogen and oxygen atoms in total. The Kier molecular flexibility index (Phi) is 7.84. The maximum absolute atomic E-state index is 13.6. The number of aromatic nitrogens is 1. The lowest BCUT2D eigenvalue weighted by molar-refractivity contribution is 0.401. The van der Waals surface area contributed by atoms with Crippen molar-refractivity contribution in [2.45, 2.75) is 36.5 Å². The van der Waals surface area contributed by atoms with Crippen molar-refractivity contribution in [2.24, 2.45) is 0 Å². The van der Waals surface area contributed by atoms with Crippen LogP contribution in [0, 0.1) is 13.8 Å². The molecule has 1 aliphatic heterocycles. The summed E-state index contributed by atoms with van der Waals surface area (Å²) in [7, 11) is -7.80. The summed E-state index contributed by atoms with van der Waals surface area (Å²) in [6, 6.07) is 16.0. The number of hydrogen-bond donors (Lipinski definition) is 1. The van der Waals surface area contributed by atoms with Crippen LogP contribution in [0.25, 0.3) is 0 Å². The highest BCUT2D eigenvalue weighted by Gasteiger charge is 2.29. The highest BCUT2D eigenvalue weighted by atomic mass is 32.2. The third-order valence-electron chi connectivity index (χ3n) is 6.33. The second kappa shape index (κ2) is 10.7. The summed E-state index contributed by atoms with van der Waals surface area (Å²) in [5.74, 6) is 0. The summed E-state index contributed by atoms with van der Waals surface area (Å²) in [4.78, 5) is 15.8. The first kappa shape index (κ1) is 27.0. The summed E-state index contributed by atoms with van der Waals surface area (Å²) in [6.45, 7) is 7.89. The lowest BCUT2D eigenvalue weighted by atomic mass is 10.2. The molecule has 1 aliphatic rings. The number of nitrogens with one attached hydrogen (secondary N) is 1. The minimum absolute atomic E-state index is 0.0555. The number of sulfonamides is 2. The van der Waals surface area contributed by atoms with Crippen LogP contribution < -0.4 is 5.43 Å². The number of pyridine rings is 1. The van der Waals surface area contributed by atoms with Gasteiger partial charge in [-0.3, -0.25) is 4.79 Å². The molecule has 1 N–H and O–H groups in total. The highest BCUT2D eigenvalue weighted by Crippen LogP contribution is 2.22. The van der Waals surface area contributed by atoms with Gasteiger partial charge in [-0.1, -0.05) is 42.0 Å². The van der Waals surface area contributed by atoms with Crippen molar-refractivity contribution in [1.29, 1.82) is 0 Å². The lowest BCUT2D eigenvalue weighted by Crippen LogP contribution is -2.40. The molecule has 0 spiro atoms. The van der Waals surface area contributed by atoms with Crippen LogP contribution in [0.4, 0.5) is 0 Å². The molecule has 0 fully saturated rings. The SMILES string of the molecule is C=C1CN(S(=O)(=O)c2ccc(C)cc2)CCc2cc(=O)cc([nH]2)CCN(S(=O)(=O)c2ccc(C)cc2)C1. The van der Waals surface area contributed by atoms with Gasteiger partial charge < -0.3 is 4.98 Å². The third kappa shape index (κ3) is 6.27. The molecule has 2 heterocycles. The summed E-state index contributed by atoms with van der Waals surface area (Å²) < 4.78 is 56.9. The van der Waals surface area contributed by atoms with Gasteiger partial charge in [0.25, 0.3) is 0 Å². The van der Waals surface area contributed by atoms with Gasteiger partial charge in [0.15, 0.2) is 5.43 Å². The Morgan fingerprint density at radius 3 is 1.46 bits per heavy atom. The van der Waals surface area contributed by atoms with E-state index in [4.69, 9.17) is 0 Å². The molecule has 0 saturated heterocycles. The van der Waals surface area contributed by atoms with Crippen LogP contribution in [0.5, 0.6) is 0 Å². The molecule has 0 unspecified atom stereocenters. The first-order valence-corrected chi connectivity index (χ1v) is 14.9. The Morgan fingerprint density at radius 1 is 0.703 bits per heavy atom. The van der Waals surface area contributed by atoms with Gasteiger partial charge in [0, 0.05) is 62.5 Å². The monoisotopic (exact) mass is 541 g/mol. The maximum Gasteiger partial charge on any atom is 0.243 e. The van der Waals surface area contributed by atoms with E-state index in [1.54, 1.807) is 48.5 Å². The fourth-order valence-corrected chi connectivity index (χ4v) is 7.18. The minimum Gasteiger partial charge on any atom is -0.362 e. The number of nitrogens with zero attached hydrogens (tertiary/aromatic N) is 2. The Labute approximate surface area is 218 Å². The molecule has 2 bridgehead atoms. The number of aryl methyl sites for hydroxylation is 2. The van der Waals surface area contributed by atoms with Crippen molar-refractivity contribution in [1.82, 2.24) is 13.6 Å². The third-order valence-corrected chi connectivity index (χ3v) is 10.1. The van der Waals surface area contributed by atoms with E-state index in [1.165, 1.54) is 20.7 Å². The molecule has 196 valence electrons. The predicted molar refractivity (Wildman–Crippen MR) is 143 cm³/mol. The molecule has 0 aliphatic carbocycles. The average molecular weight is 542 g/mol. The van der Waals surface area contributed by atoms with Crippen LogP contribution in [0.2, 0.25) is 0 Å². The van der Waals surface area contributed by atoms with E-state index in [2.05, 4.69) is 11.6 Å². The van der Waals surface area contributed by atoms with E-state index in [1.807, 2.05) is 13.8 Å². The smallest absolute Gasteiger partial charge is 0.243 e. The molecule has 0 atom stereocenters. The van der Waals surface area contributed by atoms with E-state index in [-0.39, 0.29) is 41.4 Å². The molecule has 3 aromatic rings. The minimum atomic E-state index is -3.90. The first-order chi connectivity index (χ1) is 17.4. The summed E-state index contributed by atoms with van der Waals surface area (Å²) in [5, 5.41) is 0. The van der Waals surface area contributed by atoms with Gasteiger partial charge in [0.05, 0.1) is 9.79 Å². The molecular weight excluding hydrogens is 510 g/mol. The molecular formula is C27H31N3O5S2. The van der Waals surface area contributed by atoms with Gasteiger partial charge in [-0.15, -0.1) is 0 Å². The summed E-state index contributed by atoms with van der Waals surface area (Å²) in [6.07, 6.45) is 0.597. The molecule has 37 heavy (non-hydrogen) atoms. The van der Waals surface area contributed by atoms with E-state index < -0.39 is 20.0 Å². The van der Waals surface area contributed by atoms with Crippen LogP contribution in [0.15, 0.2) is 87.4 Å². The van der Waals surface area contributed by atoms with Crippen molar-refractivity contribution in [3.05, 3.63) is 106 Å². The van der Waals surface area contributed by atoms with Gasteiger partial charge in [-0.25, -0.2) is 16.8 Å². The molecule has 2 aromatic carbocycles. The molecule has 1 aromatic heterocycles. The Balaban J connectivity index is 1.73. The van der Waals surface area contributed by atoms with Crippen LogP contribution in [0.1, 0.15) is 22.5 Å². The number of benzene rings is 2. The average Bonchev–Trinajstić information content (AvgIpc) is 2.83. The first-order valence-electron chi connectivity index (χ1n) is 12.0. The van der Waals surface area contributed by atoms with Gasteiger partial charge in [0.1, 0.15) is 0 Å². The molecule has 10 heteroatoms. The van der Waals surface area contributed by atoms with Gasteiger partial charge in [-0.05, 0) is 43.7 Å². The fraction of sp³-hybridized carbons (Fsp3) is 0.296. The van der Waals surface area contributed by atoms with Gasteiger partial charge in [-0.2, -0.15) is 8.61 Å². The quantitative estimate of drug-likeness (QED) is 0.511. The normalized spacial score (nSPS) is 16.6. The van der Waals surface area contributed by atoms with Gasteiger partial charge in [0.2, 0.25) is 20.0 Å². The second-order valence-electron chi connectivity index (χ2n) is 9.42.